The van der Waals surface area contributed by atoms with Gasteiger partial charge in [0.15, 0.2) is 0 Å². The molecule has 0 heterocycles. The van der Waals surface area contributed by atoms with Gasteiger partial charge in [-0.3, -0.25) is 0 Å². The molecule has 0 bridgehead atoms. The average Bonchev–Trinajstić information content (AvgIpc) is 1.43. The van der Waals surface area contributed by atoms with Crippen LogP contribution in [0.2, 0.25) is 0 Å². The summed E-state index contributed by atoms with van der Waals surface area (Å²) in [6.07, 6.45) is 4.49. The van der Waals surface area contributed by atoms with E-state index in [9.17, 15) is 0 Å². The summed E-state index contributed by atoms with van der Waals surface area (Å²) in [6.45, 7) is 22.0. The van der Waals surface area contributed by atoms with Gasteiger partial charge in [0.25, 0.3) is 0 Å². The molecule has 0 N–H and O–H groups in total. The van der Waals surface area contributed by atoms with Crippen LogP contribution < -0.4 is 9.80 Å². The number of benzene rings is 11. The molecule has 0 saturated carbocycles. The Morgan fingerprint density at radius 2 is 0.488 bits per heavy atom. The molecule has 11 aromatic carbocycles. The molecule has 86 heavy (non-hydrogen) atoms. The van der Waals surface area contributed by atoms with E-state index >= 15 is 0 Å². The summed E-state index contributed by atoms with van der Waals surface area (Å²) in [6, 6.07) is 85.9. The SMILES string of the molecule is CBr.CC.CCCc1ccc(-c2ccc(N(c3ccc(-c4ccc(Br)cc4)cc3)c3ccc(-c4cc(C)c(-c5ccc(N(c6ccc(-c7ccc(Br)cc7)cc6)c6ccc(-c7ccc(CCC)cc7)c(C)c6)cc5C)cc4C)c(C)c3)cc2C)cc1. The van der Waals surface area contributed by atoms with Crippen LogP contribution in [-0.2, 0) is 12.8 Å². The van der Waals surface area contributed by atoms with Gasteiger partial charge in [-0.05, 0) is 269 Å². The van der Waals surface area contributed by atoms with Crippen molar-refractivity contribution >= 4 is 81.9 Å². The largest absolute Gasteiger partial charge is 0.310 e. The number of aryl methyl sites for hydroxylation is 8. The highest BCUT2D eigenvalue weighted by atomic mass is 79.9. The summed E-state index contributed by atoms with van der Waals surface area (Å²) in [7, 11) is 0. The molecule has 0 aliphatic carbocycles. The maximum Gasteiger partial charge on any atom is 0.0464 e. The van der Waals surface area contributed by atoms with Gasteiger partial charge < -0.3 is 9.80 Å². The lowest BCUT2D eigenvalue weighted by Gasteiger charge is -2.28. The van der Waals surface area contributed by atoms with E-state index in [0.29, 0.717) is 0 Å². The van der Waals surface area contributed by atoms with Crippen molar-refractivity contribution in [2.75, 3.05) is 15.6 Å². The molecule has 0 aliphatic heterocycles. The molecule has 0 atom stereocenters. The molecule has 0 fully saturated rings. The maximum absolute atomic E-state index is 3.61. The molecular weight excluding hydrogens is 1240 g/mol. The Morgan fingerprint density at radius 1 is 0.256 bits per heavy atom. The third-order valence-corrected chi connectivity index (χ3v) is 17.3. The molecular formula is C81H79Br3N2. The van der Waals surface area contributed by atoms with Gasteiger partial charge in [-0.15, -0.1) is 0 Å². The van der Waals surface area contributed by atoms with E-state index in [0.717, 1.165) is 68.8 Å². The van der Waals surface area contributed by atoms with Gasteiger partial charge in [0.2, 0.25) is 0 Å². The lowest BCUT2D eigenvalue weighted by atomic mass is 9.88. The summed E-state index contributed by atoms with van der Waals surface area (Å²) in [4.78, 5) is 4.81. The Kier molecular flexibility index (Phi) is 21.4. The molecule has 0 amide bonds. The topological polar surface area (TPSA) is 6.48 Å². The van der Waals surface area contributed by atoms with E-state index in [4.69, 9.17) is 0 Å². The molecule has 11 rings (SSSR count). The quantitative estimate of drug-likeness (QED) is 0.0890. The highest BCUT2D eigenvalue weighted by molar-refractivity contribution is 9.10. The molecule has 434 valence electrons. The van der Waals surface area contributed by atoms with Gasteiger partial charge >= 0.3 is 0 Å². The van der Waals surface area contributed by atoms with Crippen LogP contribution in [0.1, 0.15) is 85.0 Å². The summed E-state index contributed by atoms with van der Waals surface area (Å²) in [5.74, 6) is 1.81. The smallest absolute Gasteiger partial charge is 0.0464 e. The first-order chi connectivity index (χ1) is 41.8. The van der Waals surface area contributed by atoms with Gasteiger partial charge in [0.05, 0.1) is 0 Å². The van der Waals surface area contributed by atoms with E-state index in [1.165, 1.54) is 111 Å². The second-order valence-corrected chi connectivity index (χ2v) is 24.0. The van der Waals surface area contributed by atoms with Crippen molar-refractivity contribution in [2.24, 2.45) is 0 Å². The van der Waals surface area contributed by atoms with Crippen LogP contribution in [0, 0.1) is 41.5 Å². The Labute approximate surface area is 539 Å². The Balaban J connectivity index is 0.00000216. The number of halogens is 3. The number of hydrogen-bond acceptors (Lipinski definition) is 2. The van der Waals surface area contributed by atoms with Crippen LogP contribution >= 0.6 is 47.8 Å². The normalized spacial score (nSPS) is 10.9. The second kappa shape index (κ2) is 29.2. The molecule has 0 aromatic heterocycles. The minimum Gasteiger partial charge on any atom is -0.310 e. The van der Waals surface area contributed by atoms with Crippen LogP contribution in [0.5, 0.6) is 0 Å². The third-order valence-electron chi connectivity index (χ3n) is 16.2. The van der Waals surface area contributed by atoms with E-state index in [1.807, 2.05) is 19.7 Å². The van der Waals surface area contributed by atoms with Crippen molar-refractivity contribution < 1.29 is 0 Å². The Morgan fingerprint density at radius 3 is 0.756 bits per heavy atom. The molecule has 0 saturated heterocycles. The molecule has 0 radical (unpaired) electrons. The molecule has 5 heteroatoms. The fourth-order valence-corrected chi connectivity index (χ4v) is 12.4. The zero-order valence-electron chi connectivity index (χ0n) is 51.8. The zero-order chi connectivity index (χ0) is 61.0. The fourth-order valence-electron chi connectivity index (χ4n) is 11.9. The van der Waals surface area contributed by atoms with Gasteiger partial charge in [0.1, 0.15) is 0 Å². The van der Waals surface area contributed by atoms with Crippen molar-refractivity contribution in [3.8, 4) is 66.8 Å². The first-order valence-corrected chi connectivity index (χ1v) is 33.4. The highest BCUT2D eigenvalue weighted by Crippen LogP contribution is 2.44. The van der Waals surface area contributed by atoms with Crippen LogP contribution in [0.15, 0.2) is 239 Å². The fraction of sp³-hybridized carbons (Fsp3) is 0.185. The third kappa shape index (κ3) is 14.3. The minimum atomic E-state index is 1.08. The molecule has 0 spiro atoms. The van der Waals surface area contributed by atoms with Gasteiger partial charge in [0, 0.05) is 43.1 Å². The Hall–Kier alpha value is -7.54. The number of hydrogen-bond donors (Lipinski definition) is 0. The second-order valence-electron chi connectivity index (χ2n) is 22.2. The van der Waals surface area contributed by atoms with E-state index in [-0.39, 0.29) is 0 Å². The summed E-state index contributed by atoms with van der Waals surface area (Å²) in [5, 5.41) is 0. The van der Waals surface area contributed by atoms with Gasteiger partial charge in [-0.1, -0.05) is 222 Å². The van der Waals surface area contributed by atoms with E-state index in [2.05, 4.69) is 344 Å². The van der Waals surface area contributed by atoms with Gasteiger partial charge in [-0.25, -0.2) is 0 Å². The van der Waals surface area contributed by atoms with E-state index < -0.39 is 0 Å². The monoisotopic (exact) mass is 1320 g/mol. The summed E-state index contributed by atoms with van der Waals surface area (Å²) >= 11 is 10.2. The van der Waals surface area contributed by atoms with Crippen LogP contribution in [0.4, 0.5) is 34.1 Å². The van der Waals surface area contributed by atoms with E-state index in [1.54, 1.807) is 0 Å². The maximum atomic E-state index is 3.61. The standard InChI is InChI=1S/C78H70Br2N2.C2H6.CH3Br/c1-9-11-57-13-17-63(18-14-57)73-41-37-69(45-51(73)3)81(67-33-25-61(26-34-67)59-21-29-65(79)30-22-59)71-39-43-75(53(5)47-71)77-49-56(8)78(50-55(77)7)76-44-40-72(48-54(76)6)82(68-35-27-62(28-36-68)60-23-31-66(80)32-24-60)70-38-42-74(52(4)46-70)64-19-15-58(12-10-2)16-20-64;2*1-2/h13-50H,9-12H2,1-8H3;1-2H3;1H3. The molecule has 2 nitrogen and oxygen atoms in total. The zero-order valence-corrected chi connectivity index (χ0v) is 56.6. The van der Waals surface area contributed by atoms with Crippen molar-refractivity contribution in [3.63, 3.8) is 0 Å². The predicted octanol–water partition coefficient (Wildman–Crippen LogP) is 25.9. The van der Waals surface area contributed by atoms with Crippen LogP contribution in [0.3, 0.4) is 0 Å². The molecule has 0 aliphatic rings. The van der Waals surface area contributed by atoms with Crippen LogP contribution in [0.25, 0.3) is 66.8 Å². The lowest BCUT2D eigenvalue weighted by molar-refractivity contribution is 0.922. The summed E-state index contributed by atoms with van der Waals surface area (Å²) < 4.78 is 2.15. The van der Waals surface area contributed by atoms with Crippen LogP contribution in [-0.4, -0.2) is 5.83 Å². The molecule has 11 aromatic rings. The van der Waals surface area contributed by atoms with Crippen molar-refractivity contribution in [2.45, 2.75) is 94.9 Å². The average molecular weight is 1320 g/mol. The number of anilines is 6. The Bertz CT molecular complexity index is 3780. The van der Waals surface area contributed by atoms with Crippen molar-refractivity contribution in [3.05, 3.63) is 284 Å². The lowest BCUT2D eigenvalue weighted by Crippen LogP contribution is -2.11. The first kappa shape index (κ1) is 63.0. The van der Waals surface area contributed by atoms with Gasteiger partial charge in [-0.2, -0.15) is 0 Å². The first-order valence-electron chi connectivity index (χ1n) is 30.3. The minimum absolute atomic E-state index is 1.08. The summed E-state index contributed by atoms with van der Waals surface area (Å²) in [5.41, 5.74) is 31.6. The predicted molar refractivity (Wildman–Crippen MR) is 386 cm³/mol. The number of nitrogens with zero attached hydrogens (tertiary/aromatic N) is 2. The van der Waals surface area contributed by atoms with Crippen molar-refractivity contribution in [1.82, 2.24) is 0 Å². The number of rotatable bonds is 16. The molecule has 0 unspecified atom stereocenters. The van der Waals surface area contributed by atoms with Crippen molar-refractivity contribution in [1.29, 1.82) is 0 Å². The number of alkyl halides is 1. The highest BCUT2D eigenvalue weighted by Gasteiger charge is 2.21.